The second-order valence-corrected chi connectivity index (χ2v) is 8.58. The molecule has 0 aliphatic heterocycles. The number of halogens is 1. The van der Waals surface area contributed by atoms with Crippen LogP contribution in [0.3, 0.4) is 0 Å². The predicted octanol–water partition coefficient (Wildman–Crippen LogP) is 1.76. The highest BCUT2D eigenvalue weighted by molar-refractivity contribution is 7.92. The van der Waals surface area contributed by atoms with Gasteiger partial charge in [0.15, 0.2) is 9.84 Å². The van der Waals surface area contributed by atoms with E-state index >= 15 is 0 Å². The first-order valence-corrected chi connectivity index (χ1v) is 7.20. The van der Waals surface area contributed by atoms with Gasteiger partial charge in [-0.25, -0.2) is 8.42 Å². The van der Waals surface area contributed by atoms with Crippen LogP contribution in [-0.2, 0) is 9.84 Å². The Labute approximate surface area is 98.7 Å². The topological polar surface area (TPSA) is 37.4 Å². The van der Waals surface area contributed by atoms with Crippen LogP contribution in [0, 0.1) is 0 Å². The molecular formula is C10H22ClNO2S. The van der Waals surface area contributed by atoms with Crippen LogP contribution in [0.4, 0.5) is 0 Å². The highest BCUT2D eigenvalue weighted by Crippen LogP contribution is 2.15. The molecule has 92 valence electrons. The third-order valence-electron chi connectivity index (χ3n) is 2.24. The summed E-state index contributed by atoms with van der Waals surface area (Å²) < 4.78 is 22.9. The van der Waals surface area contributed by atoms with Gasteiger partial charge < -0.3 is 4.90 Å². The zero-order valence-electron chi connectivity index (χ0n) is 10.2. The van der Waals surface area contributed by atoms with Gasteiger partial charge in [-0.15, -0.1) is 11.6 Å². The average Bonchev–Trinajstić information content (AvgIpc) is 1.97. The molecule has 3 nitrogen and oxygen atoms in total. The van der Waals surface area contributed by atoms with Gasteiger partial charge in [-0.3, -0.25) is 0 Å². The van der Waals surface area contributed by atoms with E-state index in [-0.39, 0.29) is 11.1 Å². The lowest BCUT2D eigenvalue weighted by molar-refractivity contribution is 0.355. The highest BCUT2D eigenvalue weighted by atomic mass is 35.5. The molecule has 0 spiro atoms. The smallest absolute Gasteiger partial charge is 0.156 e. The molecule has 1 atom stereocenters. The Kier molecular flexibility index (Phi) is 5.58. The van der Waals surface area contributed by atoms with Crippen molar-refractivity contribution < 1.29 is 8.42 Å². The number of sulfone groups is 1. The maximum atomic E-state index is 11.8. The largest absolute Gasteiger partial charge is 0.304 e. The Bertz CT molecular complexity index is 280. The van der Waals surface area contributed by atoms with Gasteiger partial charge in [-0.05, 0) is 34.7 Å². The number of alkyl halides is 1. The standard InChI is InChI=1S/C10H22ClNO2S/c1-9(11)8-12(5)6-7-15(13,14)10(2,3)4/h9H,6-8H2,1-5H3. The molecule has 0 saturated carbocycles. The van der Waals surface area contributed by atoms with Gasteiger partial charge in [0.05, 0.1) is 10.5 Å². The molecule has 0 saturated heterocycles. The van der Waals surface area contributed by atoms with Gasteiger partial charge >= 0.3 is 0 Å². The van der Waals surface area contributed by atoms with Crippen molar-refractivity contribution in [3.63, 3.8) is 0 Å². The minimum atomic E-state index is -3.01. The van der Waals surface area contributed by atoms with E-state index in [0.717, 1.165) is 0 Å². The fraction of sp³-hybridized carbons (Fsp3) is 1.00. The molecule has 0 aromatic rings. The molecule has 0 N–H and O–H groups in total. The lowest BCUT2D eigenvalue weighted by Crippen LogP contribution is -2.36. The minimum Gasteiger partial charge on any atom is -0.304 e. The summed E-state index contributed by atoms with van der Waals surface area (Å²) in [5.74, 6) is 0.191. The zero-order chi connectivity index (χ0) is 12.3. The molecule has 0 aliphatic rings. The second-order valence-electron chi connectivity index (χ2n) is 4.97. The second kappa shape index (κ2) is 5.51. The van der Waals surface area contributed by atoms with Crippen LogP contribution in [0.15, 0.2) is 0 Å². The van der Waals surface area contributed by atoms with Crippen molar-refractivity contribution in [3.8, 4) is 0 Å². The molecule has 0 aromatic heterocycles. The first-order valence-electron chi connectivity index (χ1n) is 5.11. The van der Waals surface area contributed by atoms with E-state index in [1.165, 1.54) is 0 Å². The van der Waals surface area contributed by atoms with Gasteiger partial charge in [-0.1, -0.05) is 0 Å². The van der Waals surface area contributed by atoms with Crippen LogP contribution < -0.4 is 0 Å². The van der Waals surface area contributed by atoms with Gasteiger partial charge in [0, 0.05) is 18.5 Å². The first kappa shape index (κ1) is 15.2. The molecule has 1 unspecified atom stereocenters. The molecule has 0 heterocycles. The van der Waals surface area contributed by atoms with Crippen LogP contribution in [0.5, 0.6) is 0 Å². The van der Waals surface area contributed by atoms with Crippen molar-refractivity contribution in [2.75, 3.05) is 25.9 Å². The lowest BCUT2D eigenvalue weighted by atomic mass is 10.3. The summed E-state index contributed by atoms with van der Waals surface area (Å²) in [6, 6.07) is 0. The molecule has 15 heavy (non-hydrogen) atoms. The van der Waals surface area contributed by atoms with Crippen molar-refractivity contribution in [1.29, 1.82) is 0 Å². The maximum absolute atomic E-state index is 11.8. The molecular weight excluding hydrogens is 234 g/mol. The van der Waals surface area contributed by atoms with Gasteiger partial charge in [-0.2, -0.15) is 0 Å². The third-order valence-corrected chi connectivity index (χ3v) is 4.96. The number of hydrogen-bond acceptors (Lipinski definition) is 3. The van der Waals surface area contributed by atoms with E-state index in [9.17, 15) is 8.42 Å². The summed E-state index contributed by atoms with van der Waals surface area (Å²) in [6.45, 7) is 8.33. The number of hydrogen-bond donors (Lipinski definition) is 0. The fourth-order valence-electron chi connectivity index (χ4n) is 1.10. The molecule has 5 heteroatoms. The zero-order valence-corrected chi connectivity index (χ0v) is 11.8. The summed E-state index contributed by atoms with van der Waals surface area (Å²) in [6.07, 6.45) is 0. The molecule has 0 rings (SSSR count). The van der Waals surface area contributed by atoms with Crippen LogP contribution in [0.1, 0.15) is 27.7 Å². The van der Waals surface area contributed by atoms with Gasteiger partial charge in [0.25, 0.3) is 0 Å². The van der Waals surface area contributed by atoms with Gasteiger partial charge in [0.2, 0.25) is 0 Å². The third kappa shape index (κ3) is 5.73. The Balaban J connectivity index is 4.17. The van der Waals surface area contributed by atoms with Crippen LogP contribution in [0.2, 0.25) is 0 Å². The van der Waals surface area contributed by atoms with E-state index < -0.39 is 14.6 Å². The maximum Gasteiger partial charge on any atom is 0.156 e. The van der Waals surface area contributed by atoms with E-state index in [2.05, 4.69) is 0 Å². The van der Waals surface area contributed by atoms with Crippen LogP contribution in [-0.4, -0.2) is 49.3 Å². The van der Waals surface area contributed by atoms with Crippen LogP contribution in [0.25, 0.3) is 0 Å². The molecule has 0 radical (unpaired) electrons. The summed E-state index contributed by atoms with van der Waals surface area (Å²) in [4.78, 5) is 1.95. The minimum absolute atomic E-state index is 0.0485. The Morgan fingerprint density at radius 2 is 1.80 bits per heavy atom. The number of nitrogens with zero attached hydrogens (tertiary/aromatic N) is 1. The van der Waals surface area contributed by atoms with Crippen molar-refractivity contribution in [3.05, 3.63) is 0 Å². The Hall–Kier alpha value is 0.200. The number of rotatable bonds is 5. The first-order chi connectivity index (χ1) is 6.56. The van der Waals surface area contributed by atoms with E-state index in [0.29, 0.717) is 13.1 Å². The van der Waals surface area contributed by atoms with Crippen molar-refractivity contribution in [2.45, 2.75) is 37.8 Å². The van der Waals surface area contributed by atoms with Crippen molar-refractivity contribution >= 4 is 21.4 Å². The van der Waals surface area contributed by atoms with Crippen molar-refractivity contribution in [2.24, 2.45) is 0 Å². The monoisotopic (exact) mass is 255 g/mol. The molecule has 0 aliphatic carbocycles. The average molecular weight is 256 g/mol. The van der Waals surface area contributed by atoms with E-state index in [1.54, 1.807) is 20.8 Å². The normalized spacial score (nSPS) is 15.7. The summed E-state index contributed by atoms with van der Waals surface area (Å²) in [5.41, 5.74) is 0. The summed E-state index contributed by atoms with van der Waals surface area (Å²) in [7, 11) is -1.13. The highest BCUT2D eigenvalue weighted by Gasteiger charge is 2.28. The quantitative estimate of drug-likeness (QED) is 0.703. The predicted molar refractivity (Wildman–Crippen MR) is 66.4 cm³/mol. The van der Waals surface area contributed by atoms with Gasteiger partial charge in [0.1, 0.15) is 0 Å². The van der Waals surface area contributed by atoms with E-state index in [4.69, 9.17) is 11.6 Å². The lowest BCUT2D eigenvalue weighted by Gasteiger charge is -2.22. The summed E-state index contributed by atoms with van der Waals surface area (Å²) >= 11 is 5.82. The SMILES string of the molecule is CC(Cl)CN(C)CCS(=O)(=O)C(C)(C)C. The molecule has 0 fully saturated rings. The van der Waals surface area contributed by atoms with E-state index in [1.807, 2.05) is 18.9 Å². The van der Waals surface area contributed by atoms with Crippen molar-refractivity contribution in [1.82, 2.24) is 4.90 Å². The summed E-state index contributed by atoms with van der Waals surface area (Å²) in [5, 5.41) is 0.0485. The fourth-order valence-corrected chi connectivity index (χ4v) is 2.50. The Morgan fingerprint density at radius 3 is 2.13 bits per heavy atom. The molecule has 0 bridgehead atoms. The van der Waals surface area contributed by atoms with Crippen LogP contribution >= 0.6 is 11.6 Å². The Morgan fingerprint density at radius 1 is 1.33 bits per heavy atom. The molecule has 0 aromatic carbocycles. The molecule has 0 amide bonds.